The monoisotopic (exact) mass is 277 g/mol. The average Bonchev–Trinajstić information content (AvgIpc) is 2.99. The first-order valence-electron chi connectivity index (χ1n) is 6.16. The Balaban J connectivity index is 1.74. The van der Waals surface area contributed by atoms with E-state index in [1.807, 2.05) is 4.90 Å². The highest BCUT2D eigenvalue weighted by Crippen LogP contribution is 2.32. The van der Waals surface area contributed by atoms with Crippen LogP contribution in [0.3, 0.4) is 0 Å². The molecule has 2 aromatic rings. The summed E-state index contributed by atoms with van der Waals surface area (Å²) in [6.45, 7) is 3.02. The molecular formula is C12H15N5OS. The molecule has 0 aliphatic carbocycles. The summed E-state index contributed by atoms with van der Waals surface area (Å²) in [5, 5.41) is 6.03. The topological polar surface area (TPSA) is 77.0 Å². The molecule has 100 valence electrons. The number of thiophene rings is 1. The van der Waals surface area contributed by atoms with Crippen LogP contribution in [0.5, 0.6) is 0 Å². The maximum Gasteiger partial charge on any atom is 0.244 e. The Kier molecular flexibility index (Phi) is 2.98. The van der Waals surface area contributed by atoms with Crippen molar-refractivity contribution in [2.45, 2.75) is 25.9 Å². The highest BCUT2D eigenvalue weighted by atomic mass is 32.1. The van der Waals surface area contributed by atoms with Crippen molar-refractivity contribution in [3.8, 4) is 0 Å². The van der Waals surface area contributed by atoms with Crippen molar-refractivity contribution in [3.63, 3.8) is 0 Å². The van der Waals surface area contributed by atoms with Crippen LogP contribution in [0, 0.1) is 0 Å². The Morgan fingerprint density at radius 1 is 1.63 bits per heavy atom. The van der Waals surface area contributed by atoms with E-state index in [0.29, 0.717) is 0 Å². The summed E-state index contributed by atoms with van der Waals surface area (Å²) < 4.78 is 1.48. The number of fused-ring (bicyclic) bond motifs is 1. The fourth-order valence-corrected chi connectivity index (χ4v) is 3.43. The Morgan fingerprint density at radius 3 is 3.21 bits per heavy atom. The van der Waals surface area contributed by atoms with E-state index in [0.717, 1.165) is 13.0 Å². The summed E-state index contributed by atoms with van der Waals surface area (Å²) in [6, 6.07) is 2.24. The van der Waals surface area contributed by atoms with Crippen molar-refractivity contribution >= 4 is 23.2 Å². The number of carbonyl (C=O) groups is 1. The molecule has 0 saturated heterocycles. The largest absolute Gasteiger partial charge is 0.367 e. The summed E-state index contributed by atoms with van der Waals surface area (Å²) in [5.74, 6) is 0.244. The zero-order valence-electron chi connectivity index (χ0n) is 10.6. The highest BCUT2D eigenvalue weighted by Gasteiger charge is 2.28. The van der Waals surface area contributed by atoms with E-state index in [1.54, 1.807) is 11.3 Å². The summed E-state index contributed by atoms with van der Waals surface area (Å²) in [4.78, 5) is 19.4. The van der Waals surface area contributed by atoms with Gasteiger partial charge in [0.25, 0.3) is 0 Å². The minimum atomic E-state index is 0.0502. The first-order valence-corrected chi connectivity index (χ1v) is 7.04. The summed E-state index contributed by atoms with van der Waals surface area (Å²) >= 11 is 1.77. The van der Waals surface area contributed by atoms with Gasteiger partial charge in [-0.25, -0.2) is 9.67 Å². The van der Waals surface area contributed by atoms with Crippen molar-refractivity contribution in [3.05, 3.63) is 28.2 Å². The van der Waals surface area contributed by atoms with E-state index in [2.05, 4.69) is 28.5 Å². The SMILES string of the molecule is CC1c2ccsc2CCN1C(=O)Cn1cnc(N)n1. The van der Waals surface area contributed by atoms with E-state index >= 15 is 0 Å². The molecule has 3 heterocycles. The molecule has 1 aliphatic rings. The van der Waals surface area contributed by atoms with Crippen molar-refractivity contribution < 1.29 is 4.79 Å². The Labute approximate surface area is 114 Å². The van der Waals surface area contributed by atoms with Gasteiger partial charge in [-0.3, -0.25) is 4.79 Å². The number of carbonyl (C=O) groups excluding carboxylic acids is 1. The first kappa shape index (κ1) is 12.2. The zero-order valence-corrected chi connectivity index (χ0v) is 11.4. The Hall–Kier alpha value is -1.89. The molecule has 1 aliphatic heterocycles. The molecular weight excluding hydrogens is 262 g/mol. The minimum Gasteiger partial charge on any atom is -0.367 e. The second-order valence-corrected chi connectivity index (χ2v) is 5.61. The number of nitrogens with two attached hydrogens (primary N) is 1. The molecule has 7 heteroatoms. The normalized spacial score (nSPS) is 18.4. The molecule has 1 atom stereocenters. The molecule has 1 amide bonds. The molecule has 1 unspecified atom stereocenters. The van der Waals surface area contributed by atoms with Gasteiger partial charge in [0.15, 0.2) is 0 Å². The van der Waals surface area contributed by atoms with Crippen molar-refractivity contribution in [1.29, 1.82) is 0 Å². The quantitative estimate of drug-likeness (QED) is 0.890. The van der Waals surface area contributed by atoms with Gasteiger partial charge in [0.1, 0.15) is 12.9 Å². The standard InChI is InChI=1S/C12H15N5OS/c1-8-9-3-5-19-10(9)2-4-17(8)11(18)6-16-7-14-12(13)15-16/h3,5,7-8H,2,4,6H2,1H3,(H2,13,15). The molecule has 0 bridgehead atoms. The number of hydrogen-bond acceptors (Lipinski definition) is 5. The van der Waals surface area contributed by atoms with Crippen LogP contribution in [0.25, 0.3) is 0 Å². The van der Waals surface area contributed by atoms with Crippen LogP contribution in [0.2, 0.25) is 0 Å². The van der Waals surface area contributed by atoms with Crippen LogP contribution in [0.15, 0.2) is 17.8 Å². The van der Waals surface area contributed by atoms with E-state index in [1.165, 1.54) is 21.4 Å². The number of nitrogen functional groups attached to an aromatic ring is 1. The number of nitrogens with zero attached hydrogens (tertiary/aromatic N) is 4. The minimum absolute atomic E-state index is 0.0502. The fraction of sp³-hybridized carbons (Fsp3) is 0.417. The predicted octanol–water partition coefficient (Wildman–Crippen LogP) is 1.07. The van der Waals surface area contributed by atoms with Crippen LogP contribution in [0.1, 0.15) is 23.4 Å². The molecule has 6 nitrogen and oxygen atoms in total. The average molecular weight is 277 g/mol. The van der Waals surface area contributed by atoms with Crippen LogP contribution < -0.4 is 5.73 Å². The van der Waals surface area contributed by atoms with Crippen molar-refractivity contribution in [1.82, 2.24) is 19.7 Å². The number of rotatable bonds is 2. The second kappa shape index (κ2) is 4.65. The molecule has 3 rings (SSSR count). The molecule has 0 saturated carbocycles. The van der Waals surface area contributed by atoms with Crippen molar-refractivity contribution in [2.75, 3.05) is 12.3 Å². The molecule has 0 radical (unpaired) electrons. The molecule has 0 aromatic carbocycles. The van der Waals surface area contributed by atoms with E-state index in [4.69, 9.17) is 5.73 Å². The number of amides is 1. The third kappa shape index (κ3) is 2.21. The van der Waals surface area contributed by atoms with Gasteiger partial charge in [-0.05, 0) is 30.4 Å². The molecule has 0 spiro atoms. The van der Waals surface area contributed by atoms with Crippen LogP contribution in [-0.4, -0.2) is 32.1 Å². The highest BCUT2D eigenvalue weighted by molar-refractivity contribution is 7.10. The zero-order chi connectivity index (χ0) is 13.4. The lowest BCUT2D eigenvalue weighted by molar-refractivity contribution is -0.134. The lowest BCUT2D eigenvalue weighted by Gasteiger charge is -2.33. The molecule has 0 fully saturated rings. The maximum atomic E-state index is 12.3. The Morgan fingerprint density at radius 2 is 2.47 bits per heavy atom. The van der Waals surface area contributed by atoms with Crippen molar-refractivity contribution in [2.24, 2.45) is 0 Å². The van der Waals surface area contributed by atoms with Gasteiger partial charge >= 0.3 is 0 Å². The van der Waals surface area contributed by atoms with Crippen LogP contribution >= 0.6 is 11.3 Å². The predicted molar refractivity (Wildman–Crippen MR) is 72.6 cm³/mol. The molecule has 2 aromatic heterocycles. The summed E-state index contributed by atoms with van der Waals surface area (Å²) in [6.07, 6.45) is 2.42. The summed E-state index contributed by atoms with van der Waals surface area (Å²) in [5.41, 5.74) is 6.71. The number of anilines is 1. The lowest BCUT2D eigenvalue weighted by Crippen LogP contribution is -2.40. The van der Waals surface area contributed by atoms with Gasteiger partial charge in [-0.2, -0.15) is 0 Å². The van der Waals surface area contributed by atoms with E-state index in [9.17, 15) is 4.79 Å². The maximum absolute atomic E-state index is 12.3. The summed E-state index contributed by atoms with van der Waals surface area (Å²) in [7, 11) is 0. The van der Waals surface area contributed by atoms with Crippen LogP contribution in [-0.2, 0) is 17.8 Å². The second-order valence-electron chi connectivity index (χ2n) is 4.61. The van der Waals surface area contributed by atoms with Gasteiger partial charge in [0, 0.05) is 11.4 Å². The van der Waals surface area contributed by atoms with E-state index < -0.39 is 0 Å². The van der Waals surface area contributed by atoms with Crippen LogP contribution in [0.4, 0.5) is 5.95 Å². The van der Waals surface area contributed by atoms with E-state index in [-0.39, 0.29) is 24.4 Å². The van der Waals surface area contributed by atoms with Gasteiger partial charge in [-0.15, -0.1) is 16.4 Å². The smallest absolute Gasteiger partial charge is 0.244 e. The molecule has 2 N–H and O–H groups in total. The third-order valence-electron chi connectivity index (χ3n) is 3.45. The van der Waals surface area contributed by atoms with Gasteiger partial charge in [-0.1, -0.05) is 0 Å². The fourth-order valence-electron chi connectivity index (χ4n) is 2.46. The number of hydrogen-bond donors (Lipinski definition) is 1. The van der Waals surface area contributed by atoms with Gasteiger partial charge in [0.2, 0.25) is 11.9 Å². The lowest BCUT2D eigenvalue weighted by atomic mass is 10.0. The first-order chi connectivity index (χ1) is 9.15. The van der Waals surface area contributed by atoms with Gasteiger partial charge < -0.3 is 10.6 Å². The molecule has 19 heavy (non-hydrogen) atoms. The Bertz CT molecular complexity index is 605. The third-order valence-corrected chi connectivity index (χ3v) is 4.45. The number of aromatic nitrogens is 3. The van der Waals surface area contributed by atoms with Gasteiger partial charge in [0.05, 0.1) is 6.04 Å².